The Morgan fingerprint density at radius 3 is 2.95 bits per heavy atom. The number of carbonyl (C=O) groups excluding carboxylic acids is 1. The molecule has 0 spiro atoms. The third-order valence-electron chi connectivity index (χ3n) is 3.12. The summed E-state index contributed by atoms with van der Waals surface area (Å²) >= 11 is 7.91. The zero-order valence-corrected chi connectivity index (χ0v) is 14.3. The second-order valence-corrected chi connectivity index (χ2v) is 6.09. The van der Waals surface area contributed by atoms with Crippen molar-refractivity contribution in [3.8, 4) is 5.69 Å². The summed E-state index contributed by atoms with van der Waals surface area (Å²) < 4.78 is 1.65. The van der Waals surface area contributed by atoms with E-state index in [2.05, 4.69) is 10.1 Å². The summed E-state index contributed by atoms with van der Waals surface area (Å²) in [5.41, 5.74) is 1.46. The first-order chi connectivity index (χ1) is 10.7. The van der Waals surface area contributed by atoms with Gasteiger partial charge in [-0.25, -0.2) is 4.68 Å². The molecule has 0 fully saturated rings. The van der Waals surface area contributed by atoms with Crippen LogP contribution in [0.5, 0.6) is 0 Å². The molecule has 0 radical (unpaired) electrons. The second-order valence-electron chi connectivity index (χ2n) is 4.75. The van der Waals surface area contributed by atoms with Gasteiger partial charge in [0.15, 0.2) is 5.15 Å². The van der Waals surface area contributed by atoms with Gasteiger partial charge in [0.1, 0.15) is 5.69 Å². The van der Waals surface area contributed by atoms with Gasteiger partial charge in [0.05, 0.1) is 18.1 Å². The number of thioether (sulfide) groups is 1. The fourth-order valence-corrected chi connectivity index (χ4v) is 2.68. The highest BCUT2D eigenvalue weighted by Gasteiger charge is 2.20. The Balaban J connectivity index is 2.28. The van der Waals surface area contributed by atoms with E-state index < -0.39 is 0 Å². The normalized spacial score (nSPS) is 10.7. The molecule has 0 aliphatic carbocycles. The first-order valence-corrected chi connectivity index (χ1v) is 8.89. The van der Waals surface area contributed by atoms with Crippen LogP contribution in [0.3, 0.4) is 0 Å². The molecule has 0 aliphatic rings. The molecular formula is C15H19ClN4OS. The Morgan fingerprint density at radius 1 is 1.50 bits per heavy atom. The van der Waals surface area contributed by atoms with Crippen LogP contribution in [0.15, 0.2) is 30.7 Å². The van der Waals surface area contributed by atoms with Gasteiger partial charge in [0.25, 0.3) is 0 Å². The molecule has 7 heteroatoms. The van der Waals surface area contributed by atoms with Crippen LogP contribution >= 0.6 is 23.4 Å². The molecule has 0 saturated carbocycles. The van der Waals surface area contributed by atoms with Gasteiger partial charge in [-0.3, -0.25) is 9.78 Å². The van der Waals surface area contributed by atoms with Crippen LogP contribution in [0.25, 0.3) is 5.69 Å². The van der Waals surface area contributed by atoms with Gasteiger partial charge in [-0.15, -0.1) is 0 Å². The minimum atomic E-state index is 0.0730. The molecule has 0 aromatic carbocycles. The SMILES string of the molecule is CCCN(C(=O)CCSC)c1cn(-c2cccnc2)nc1Cl. The van der Waals surface area contributed by atoms with Gasteiger partial charge in [0, 0.05) is 24.9 Å². The molecule has 5 nitrogen and oxygen atoms in total. The molecule has 2 aromatic heterocycles. The van der Waals surface area contributed by atoms with E-state index >= 15 is 0 Å². The number of amides is 1. The Labute approximate surface area is 139 Å². The van der Waals surface area contributed by atoms with Gasteiger partial charge in [0.2, 0.25) is 5.91 Å². The molecular weight excluding hydrogens is 320 g/mol. The van der Waals surface area contributed by atoms with Crippen molar-refractivity contribution in [3.63, 3.8) is 0 Å². The second kappa shape index (κ2) is 8.19. The molecule has 1 amide bonds. The molecule has 0 unspecified atom stereocenters. The van der Waals surface area contributed by atoms with Crippen molar-refractivity contribution in [2.45, 2.75) is 19.8 Å². The van der Waals surface area contributed by atoms with Gasteiger partial charge < -0.3 is 4.90 Å². The van der Waals surface area contributed by atoms with E-state index in [1.54, 1.807) is 39.9 Å². The van der Waals surface area contributed by atoms with Crippen LogP contribution in [-0.2, 0) is 4.79 Å². The summed E-state index contributed by atoms with van der Waals surface area (Å²) in [6.45, 7) is 2.67. The Kier molecular flexibility index (Phi) is 6.27. The van der Waals surface area contributed by atoms with Crippen molar-refractivity contribution in [1.29, 1.82) is 0 Å². The number of hydrogen-bond donors (Lipinski definition) is 0. The molecule has 22 heavy (non-hydrogen) atoms. The maximum Gasteiger partial charge on any atom is 0.227 e. The van der Waals surface area contributed by atoms with Gasteiger partial charge in [-0.05, 0) is 24.8 Å². The van der Waals surface area contributed by atoms with Crippen LogP contribution in [-0.4, -0.2) is 39.2 Å². The highest BCUT2D eigenvalue weighted by Crippen LogP contribution is 2.27. The first kappa shape index (κ1) is 16.8. The van der Waals surface area contributed by atoms with Crippen LogP contribution in [0.4, 0.5) is 5.69 Å². The average molecular weight is 339 g/mol. The number of anilines is 1. The summed E-state index contributed by atoms with van der Waals surface area (Å²) in [7, 11) is 0. The quantitative estimate of drug-likeness (QED) is 0.776. The van der Waals surface area contributed by atoms with E-state index in [0.29, 0.717) is 23.8 Å². The number of carbonyl (C=O) groups is 1. The zero-order valence-electron chi connectivity index (χ0n) is 12.7. The van der Waals surface area contributed by atoms with Gasteiger partial charge in [-0.2, -0.15) is 16.9 Å². The van der Waals surface area contributed by atoms with Crippen LogP contribution < -0.4 is 4.90 Å². The Bertz CT molecular complexity index is 617. The molecule has 0 saturated heterocycles. The fraction of sp³-hybridized carbons (Fsp3) is 0.400. The van der Waals surface area contributed by atoms with Crippen LogP contribution in [0, 0.1) is 0 Å². The Morgan fingerprint density at radius 2 is 2.32 bits per heavy atom. The summed E-state index contributed by atoms with van der Waals surface area (Å²) in [5.74, 6) is 0.872. The van der Waals surface area contributed by atoms with Gasteiger partial charge >= 0.3 is 0 Å². The maximum atomic E-state index is 12.4. The minimum absolute atomic E-state index is 0.0730. The highest BCUT2D eigenvalue weighted by molar-refractivity contribution is 7.98. The third-order valence-corrected chi connectivity index (χ3v) is 4.00. The number of pyridine rings is 1. The predicted octanol–water partition coefficient (Wildman–Crippen LogP) is 3.42. The van der Waals surface area contributed by atoms with Gasteiger partial charge in [-0.1, -0.05) is 18.5 Å². The summed E-state index contributed by atoms with van der Waals surface area (Å²) in [6, 6.07) is 3.72. The van der Waals surface area contributed by atoms with Crippen LogP contribution in [0.1, 0.15) is 19.8 Å². The molecule has 118 valence electrons. The molecule has 2 aromatic rings. The van der Waals surface area contributed by atoms with E-state index in [-0.39, 0.29) is 5.91 Å². The van der Waals surface area contributed by atoms with Crippen molar-refractivity contribution in [3.05, 3.63) is 35.9 Å². The number of aromatic nitrogens is 3. The number of nitrogens with zero attached hydrogens (tertiary/aromatic N) is 4. The fourth-order valence-electron chi connectivity index (χ4n) is 2.07. The number of hydrogen-bond acceptors (Lipinski definition) is 4. The van der Waals surface area contributed by atoms with E-state index in [9.17, 15) is 4.79 Å². The smallest absolute Gasteiger partial charge is 0.227 e. The topological polar surface area (TPSA) is 51.0 Å². The first-order valence-electron chi connectivity index (χ1n) is 7.12. The summed E-state index contributed by atoms with van der Waals surface area (Å²) in [5, 5.41) is 4.62. The van der Waals surface area contributed by atoms with Crippen molar-refractivity contribution in [2.75, 3.05) is 23.5 Å². The lowest BCUT2D eigenvalue weighted by Crippen LogP contribution is -2.31. The van der Waals surface area contributed by atoms with Crippen molar-refractivity contribution in [2.24, 2.45) is 0 Å². The minimum Gasteiger partial charge on any atom is -0.308 e. The van der Waals surface area contributed by atoms with Crippen LogP contribution in [0.2, 0.25) is 5.15 Å². The van der Waals surface area contributed by atoms with Crippen molar-refractivity contribution in [1.82, 2.24) is 14.8 Å². The van der Waals surface area contributed by atoms with Crippen molar-refractivity contribution < 1.29 is 4.79 Å². The lowest BCUT2D eigenvalue weighted by molar-refractivity contribution is -0.118. The zero-order chi connectivity index (χ0) is 15.9. The third kappa shape index (κ3) is 4.01. The molecule has 0 aliphatic heterocycles. The molecule has 2 heterocycles. The van der Waals surface area contributed by atoms with E-state index in [0.717, 1.165) is 17.9 Å². The van der Waals surface area contributed by atoms with E-state index in [1.807, 2.05) is 25.3 Å². The Hall–Kier alpha value is -1.53. The lowest BCUT2D eigenvalue weighted by Gasteiger charge is -2.20. The molecule has 0 atom stereocenters. The van der Waals surface area contributed by atoms with E-state index in [4.69, 9.17) is 11.6 Å². The molecule has 0 N–H and O–H groups in total. The monoisotopic (exact) mass is 338 g/mol. The standard InChI is InChI=1S/C15H19ClN4OS/c1-3-8-19(14(21)6-9-22-2)13-11-20(18-15(13)16)12-5-4-7-17-10-12/h4-5,7,10-11H,3,6,8-9H2,1-2H3. The predicted molar refractivity (Wildman–Crippen MR) is 92.0 cm³/mol. The van der Waals surface area contributed by atoms with E-state index in [1.165, 1.54) is 0 Å². The average Bonchev–Trinajstić information content (AvgIpc) is 2.93. The summed E-state index contributed by atoms with van der Waals surface area (Å²) in [6.07, 6.45) is 8.53. The van der Waals surface area contributed by atoms with Crippen molar-refractivity contribution >= 4 is 35.0 Å². The molecule has 0 bridgehead atoms. The maximum absolute atomic E-state index is 12.4. The lowest BCUT2D eigenvalue weighted by atomic mass is 10.3. The number of rotatable bonds is 7. The summed E-state index contributed by atoms with van der Waals surface area (Å²) in [4.78, 5) is 18.2. The largest absolute Gasteiger partial charge is 0.308 e. The highest BCUT2D eigenvalue weighted by atomic mass is 35.5. The number of halogens is 1. The molecule has 2 rings (SSSR count).